The SMILES string of the molecule is CC(COC(=O)C12CC3CC(CC(C3)C1)C2)(COC(=O)C12CC3CC(CC(C3)C1)C2)C(=O)OCCC(F)(F)C(F)(F)S(=O)(=O)O. The highest BCUT2D eigenvalue weighted by Gasteiger charge is 2.65. The zero-order valence-electron chi connectivity index (χ0n) is 25.4. The van der Waals surface area contributed by atoms with Crippen molar-refractivity contribution in [3.05, 3.63) is 0 Å². The Hall–Kier alpha value is -1.96. The van der Waals surface area contributed by atoms with Crippen LogP contribution in [0, 0.1) is 51.8 Å². The summed E-state index contributed by atoms with van der Waals surface area (Å²) >= 11 is 0. The molecule has 8 rings (SSSR count). The second kappa shape index (κ2) is 11.1. The van der Waals surface area contributed by atoms with E-state index in [-0.39, 0.29) is 0 Å². The monoisotopic (exact) mass is 666 g/mol. The molecule has 0 aliphatic heterocycles. The lowest BCUT2D eigenvalue weighted by atomic mass is 9.49. The fraction of sp³-hybridized carbons (Fsp3) is 0.903. The Balaban J connectivity index is 1.14. The molecule has 9 nitrogen and oxygen atoms in total. The Morgan fingerprint density at radius 3 is 1.33 bits per heavy atom. The first-order valence-corrected chi connectivity index (χ1v) is 17.5. The molecule has 0 saturated heterocycles. The molecule has 0 aromatic heterocycles. The van der Waals surface area contributed by atoms with E-state index < -0.39 is 81.7 Å². The van der Waals surface area contributed by atoms with Gasteiger partial charge in [0.25, 0.3) is 0 Å². The van der Waals surface area contributed by atoms with E-state index in [4.69, 9.17) is 18.8 Å². The lowest BCUT2D eigenvalue weighted by Gasteiger charge is -2.55. The van der Waals surface area contributed by atoms with Gasteiger partial charge in [0.2, 0.25) is 0 Å². The first-order valence-electron chi connectivity index (χ1n) is 16.1. The van der Waals surface area contributed by atoms with Gasteiger partial charge in [-0.2, -0.15) is 26.0 Å². The van der Waals surface area contributed by atoms with Crippen molar-refractivity contribution in [2.45, 2.75) is 102 Å². The molecule has 8 aliphatic carbocycles. The number of esters is 3. The molecular formula is C31H42F4O9S. The third-order valence-electron chi connectivity index (χ3n) is 11.9. The predicted octanol–water partition coefficient (Wildman–Crippen LogP) is 5.56. The molecule has 0 heterocycles. The second-order valence-electron chi connectivity index (χ2n) is 15.7. The molecule has 0 aromatic carbocycles. The van der Waals surface area contributed by atoms with Crippen LogP contribution in [0.4, 0.5) is 17.6 Å². The molecule has 8 aliphatic rings. The van der Waals surface area contributed by atoms with Gasteiger partial charge in [0.05, 0.1) is 23.9 Å². The van der Waals surface area contributed by atoms with E-state index in [9.17, 15) is 40.4 Å². The Bertz CT molecular complexity index is 1200. The van der Waals surface area contributed by atoms with E-state index in [0.717, 1.165) is 38.5 Å². The first kappa shape index (κ1) is 33.0. The molecule has 0 unspecified atom stereocenters. The number of carbonyl (C=O) groups excluding carboxylic acids is 3. The number of hydrogen-bond donors (Lipinski definition) is 1. The molecule has 14 heteroatoms. The van der Waals surface area contributed by atoms with Crippen LogP contribution in [0.1, 0.15) is 90.4 Å². The Morgan fingerprint density at radius 1 is 0.689 bits per heavy atom. The quantitative estimate of drug-likeness (QED) is 0.123. The third-order valence-corrected chi connectivity index (χ3v) is 12.8. The van der Waals surface area contributed by atoms with Crippen LogP contribution in [0.15, 0.2) is 0 Å². The fourth-order valence-electron chi connectivity index (χ4n) is 10.4. The van der Waals surface area contributed by atoms with Crippen LogP contribution >= 0.6 is 0 Å². The smallest absolute Gasteiger partial charge is 0.431 e. The molecule has 8 bridgehead atoms. The van der Waals surface area contributed by atoms with Crippen molar-refractivity contribution < 1.29 is 59.1 Å². The van der Waals surface area contributed by atoms with Gasteiger partial charge in [-0.25, -0.2) is 0 Å². The Kier molecular flexibility index (Phi) is 8.10. The van der Waals surface area contributed by atoms with E-state index in [1.54, 1.807) is 0 Å². The number of hydrogen-bond acceptors (Lipinski definition) is 8. The van der Waals surface area contributed by atoms with Crippen LogP contribution in [0.5, 0.6) is 0 Å². The van der Waals surface area contributed by atoms with Crippen LogP contribution in [0.25, 0.3) is 0 Å². The summed E-state index contributed by atoms with van der Waals surface area (Å²) in [5.74, 6) is -4.81. The highest BCUT2D eigenvalue weighted by atomic mass is 32.2. The summed E-state index contributed by atoms with van der Waals surface area (Å²) in [5.41, 5.74) is -3.19. The zero-order chi connectivity index (χ0) is 32.6. The summed E-state index contributed by atoms with van der Waals surface area (Å²) < 4.78 is 102. The first-order chi connectivity index (χ1) is 20.9. The van der Waals surface area contributed by atoms with E-state index in [1.807, 2.05) is 0 Å². The van der Waals surface area contributed by atoms with Gasteiger partial charge in [-0.3, -0.25) is 18.9 Å². The van der Waals surface area contributed by atoms with E-state index in [1.165, 1.54) is 6.92 Å². The minimum atomic E-state index is -6.45. The molecule has 0 radical (unpaired) electrons. The van der Waals surface area contributed by atoms with Crippen molar-refractivity contribution in [2.24, 2.45) is 51.8 Å². The number of halogens is 4. The van der Waals surface area contributed by atoms with Crippen molar-refractivity contribution in [3.63, 3.8) is 0 Å². The van der Waals surface area contributed by atoms with Gasteiger partial charge in [-0.1, -0.05) is 0 Å². The summed E-state index contributed by atoms with van der Waals surface area (Å²) in [6, 6.07) is 0. The number of alkyl halides is 4. The molecule has 0 spiro atoms. The zero-order valence-corrected chi connectivity index (χ0v) is 26.2. The van der Waals surface area contributed by atoms with Crippen molar-refractivity contribution in [2.75, 3.05) is 19.8 Å². The molecular weight excluding hydrogens is 624 g/mol. The van der Waals surface area contributed by atoms with E-state index in [0.29, 0.717) is 74.0 Å². The normalized spacial score (nSPS) is 38.1. The van der Waals surface area contributed by atoms with Crippen LogP contribution in [-0.2, 0) is 38.7 Å². The van der Waals surface area contributed by atoms with Gasteiger partial charge in [-0.15, -0.1) is 0 Å². The number of carbonyl (C=O) groups is 3. The fourth-order valence-corrected chi connectivity index (χ4v) is 10.9. The standard InChI is InChI=1S/C31H42F4O9S/c1-27(24(36)42-3-2-30(32,33)31(34,35)45(39,40)41,16-43-25(37)28-10-18-4-19(11-28)6-20(5-18)12-28)17-44-26(38)29-13-21-7-22(14-29)9-23(8-21)15-29/h18-23H,2-17H2,1H3,(H,39,40,41). The van der Waals surface area contributed by atoms with E-state index >= 15 is 0 Å². The van der Waals surface area contributed by atoms with E-state index in [2.05, 4.69) is 0 Å². The summed E-state index contributed by atoms with van der Waals surface area (Å²) in [6.07, 6.45) is 8.72. The Labute approximate surface area is 260 Å². The molecule has 8 fully saturated rings. The molecule has 1 N–H and O–H groups in total. The minimum Gasteiger partial charge on any atom is -0.465 e. The minimum absolute atomic E-state index is 0.434. The topological polar surface area (TPSA) is 133 Å². The largest absolute Gasteiger partial charge is 0.465 e. The summed E-state index contributed by atoms with van der Waals surface area (Å²) in [4.78, 5) is 40.4. The van der Waals surface area contributed by atoms with Crippen molar-refractivity contribution in [1.29, 1.82) is 0 Å². The average molecular weight is 667 g/mol. The van der Waals surface area contributed by atoms with Gasteiger partial charge < -0.3 is 14.2 Å². The van der Waals surface area contributed by atoms with Gasteiger partial charge in [-0.05, 0) is 119 Å². The Morgan fingerprint density at radius 2 is 1.02 bits per heavy atom. The van der Waals surface area contributed by atoms with Crippen LogP contribution in [0.3, 0.4) is 0 Å². The van der Waals surface area contributed by atoms with Crippen molar-refractivity contribution in [3.8, 4) is 0 Å². The number of rotatable bonds is 12. The molecule has 254 valence electrons. The molecule has 0 atom stereocenters. The number of ether oxygens (including phenoxy) is 3. The van der Waals surface area contributed by atoms with Crippen LogP contribution < -0.4 is 0 Å². The maximum absolute atomic E-state index is 14.1. The second-order valence-corrected chi connectivity index (χ2v) is 17.2. The lowest BCUT2D eigenvalue weighted by molar-refractivity contribution is -0.190. The van der Waals surface area contributed by atoms with Crippen LogP contribution in [0.2, 0.25) is 0 Å². The molecule has 0 amide bonds. The summed E-state index contributed by atoms with van der Waals surface area (Å²) in [7, 11) is -6.45. The maximum atomic E-state index is 14.1. The average Bonchev–Trinajstić information content (AvgIpc) is 2.92. The van der Waals surface area contributed by atoms with Gasteiger partial charge >= 0.3 is 39.2 Å². The van der Waals surface area contributed by atoms with Gasteiger partial charge in [0, 0.05) is 0 Å². The van der Waals surface area contributed by atoms with Gasteiger partial charge in [0.15, 0.2) is 0 Å². The molecule has 0 aromatic rings. The summed E-state index contributed by atoms with van der Waals surface area (Å²) in [6.45, 7) is -1.21. The highest BCUT2D eigenvalue weighted by Crippen LogP contribution is 2.61. The molecule has 8 saturated carbocycles. The highest BCUT2D eigenvalue weighted by molar-refractivity contribution is 7.87. The third kappa shape index (κ3) is 5.88. The maximum Gasteiger partial charge on any atom is 0.431 e. The predicted molar refractivity (Wildman–Crippen MR) is 148 cm³/mol. The van der Waals surface area contributed by atoms with Crippen molar-refractivity contribution in [1.82, 2.24) is 0 Å². The van der Waals surface area contributed by atoms with Crippen molar-refractivity contribution >= 4 is 28.0 Å². The summed E-state index contributed by atoms with van der Waals surface area (Å²) in [5, 5.41) is -5.81. The van der Waals surface area contributed by atoms with Crippen LogP contribution in [-0.4, -0.2) is 61.9 Å². The lowest BCUT2D eigenvalue weighted by Crippen LogP contribution is -2.52. The van der Waals surface area contributed by atoms with Gasteiger partial charge in [0.1, 0.15) is 18.6 Å². The molecule has 45 heavy (non-hydrogen) atoms.